The Morgan fingerprint density at radius 2 is 1.51 bits per heavy atom. The molecule has 1 saturated heterocycles. The Labute approximate surface area is 241 Å². The molecule has 1 atom stereocenters. The fraction of sp³-hybridized carbons (Fsp3) is 0.867. The number of thioether (sulfide) groups is 1. The Balaban J connectivity index is 2.33. The molecule has 1 unspecified atom stereocenters. The summed E-state index contributed by atoms with van der Waals surface area (Å²) in [4.78, 5) is 50.7. The molecule has 0 saturated carbocycles. The molecular formula is C30H55N3O5S. The molecular weight excluding hydrogens is 514 g/mol. The fourth-order valence-electron chi connectivity index (χ4n) is 3.84. The lowest BCUT2D eigenvalue weighted by Crippen LogP contribution is -2.41. The molecule has 1 heterocycles. The number of amides is 4. The number of nitrogens with one attached hydrogen (secondary N) is 2. The summed E-state index contributed by atoms with van der Waals surface area (Å²) in [7, 11) is 0. The third-order valence-corrected chi connectivity index (χ3v) is 8.28. The number of nitrogens with zero attached hydrogens (tertiary/aromatic N) is 1. The molecule has 4 amide bonds. The first-order valence-electron chi connectivity index (χ1n) is 14.3. The van der Waals surface area contributed by atoms with Crippen molar-refractivity contribution in [2.24, 2.45) is 16.2 Å². The van der Waals surface area contributed by atoms with Gasteiger partial charge in [0, 0.05) is 44.3 Å². The van der Waals surface area contributed by atoms with Crippen LogP contribution in [0.4, 0.5) is 0 Å². The lowest BCUT2D eigenvalue weighted by atomic mass is 9.90. The summed E-state index contributed by atoms with van der Waals surface area (Å²) in [6.45, 7) is 22.5. The minimum atomic E-state index is -0.352. The van der Waals surface area contributed by atoms with Gasteiger partial charge in [-0.25, -0.2) is 0 Å². The highest BCUT2D eigenvalue weighted by Crippen LogP contribution is 2.30. The van der Waals surface area contributed by atoms with E-state index in [0.717, 1.165) is 25.0 Å². The summed E-state index contributed by atoms with van der Waals surface area (Å²) in [5.74, 6) is 0.337. The number of carbonyl (C=O) groups is 4. The van der Waals surface area contributed by atoms with Gasteiger partial charge in [0.1, 0.15) is 0 Å². The number of ether oxygens (including phenoxy) is 1. The molecule has 0 aliphatic carbocycles. The maximum absolute atomic E-state index is 12.6. The third kappa shape index (κ3) is 15.7. The second-order valence-electron chi connectivity index (χ2n) is 14.7. The molecule has 2 N–H and O–H groups in total. The van der Waals surface area contributed by atoms with Gasteiger partial charge in [0.2, 0.25) is 23.6 Å². The van der Waals surface area contributed by atoms with E-state index in [4.69, 9.17) is 4.74 Å². The van der Waals surface area contributed by atoms with Gasteiger partial charge in [-0.1, -0.05) is 55.4 Å². The number of hydrogen-bond acceptors (Lipinski definition) is 6. The summed E-state index contributed by atoms with van der Waals surface area (Å²) in [6, 6.07) is 0. The Bertz CT molecular complexity index is 843. The maximum atomic E-state index is 12.6. The first-order chi connectivity index (χ1) is 17.7. The molecule has 1 aliphatic rings. The van der Waals surface area contributed by atoms with E-state index in [9.17, 15) is 19.2 Å². The zero-order valence-corrected chi connectivity index (χ0v) is 27.1. The molecule has 0 spiro atoms. The fourth-order valence-corrected chi connectivity index (χ4v) is 5.07. The van der Waals surface area contributed by atoms with E-state index < -0.39 is 0 Å². The van der Waals surface area contributed by atoms with Gasteiger partial charge in [0.25, 0.3) is 0 Å². The lowest BCUT2D eigenvalue weighted by molar-refractivity contribution is -0.138. The van der Waals surface area contributed by atoms with Crippen molar-refractivity contribution in [3.63, 3.8) is 0 Å². The van der Waals surface area contributed by atoms with Crippen molar-refractivity contribution >= 4 is 35.4 Å². The summed E-state index contributed by atoms with van der Waals surface area (Å²) in [5.41, 5.74) is -0.409. The molecule has 226 valence electrons. The Hall–Kier alpha value is -1.61. The highest BCUT2D eigenvalue weighted by atomic mass is 32.2. The molecule has 9 heteroatoms. The first-order valence-corrected chi connectivity index (χ1v) is 15.4. The lowest BCUT2D eigenvalue weighted by Gasteiger charge is -2.32. The predicted molar refractivity (Wildman–Crippen MR) is 159 cm³/mol. The van der Waals surface area contributed by atoms with Crippen LogP contribution in [0.25, 0.3) is 0 Å². The van der Waals surface area contributed by atoms with Crippen molar-refractivity contribution < 1.29 is 23.9 Å². The topological polar surface area (TPSA) is 105 Å². The van der Waals surface area contributed by atoms with E-state index in [1.807, 2.05) is 27.7 Å². The van der Waals surface area contributed by atoms with Crippen molar-refractivity contribution in [3.05, 3.63) is 0 Å². The van der Waals surface area contributed by atoms with Crippen molar-refractivity contribution in [2.75, 3.05) is 32.0 Å². The van der Waals surface area contributed by atoms with E-state index in [1.54, 1.807) is 0 Å². The quantitative estimate of drug-likeness (QED) is 0.201. The first kappa shape index (κ1) is 35.4. The molecule has 0 aromatic rings. The minimum absolute atomic E-state index is 0.0798. The van der Waals surface area contributed by atoms with Gasteiger partial charge in [0.05, 0.1) is 17.5 Å². The third-order valence-electron chi connectivity index (χ3n) is 6.48. The van der Waals surface area contributed by atoms with E-state index in [1.165, 1.54) is 16.7 Å². The molecule has 0 aromatic heterocycles. The van der Waals surface area contributed by atoms with Crippen LogP contribution >= 0.6 is 11.8 Å². The Kier molecular flexibility index (Phi) is 13.5. The second-order valence-corrected chi connectivity index (χ2v) is 15.9. The van der Waals surface area contributed by atoms with E-state index in [-0.39, 0.29) is 70.1 Å². The molecule has 0 radical (unpaired) electrons. The molecule has 8 nitrogen and oxygen atoms in total. The molecule has 1 rings (SSSR count). The zero-order chi connectivity index (χ0) is 30.1. The standard InChI is InChI=1S/C30H55N3O5S/c1-27(2,3)15-12-23(34)31-16-11-14-30(9,10)38-20-29(7,8)19-32-24(35)13-17-33-25(36)18-22(26(33)37)39-21-28(4,5)6/h22H,11-21H2,1-10H3,(H,31,34)(H,32,35). The van der Waals surface area contributed by atoms with Gasteiger partial charge in [-0.2, -0.15) is 0 Å². The monoisotopic (exact) mass is 569 g/mol. The van der Waals surface area contributed by atoms with E-state index in [0.29, 0.717) is 26.1 Å². The second kappa shape index (κ2) is 14.9. The number of rotatable bonds is 16. The highest BCUT2D eigenvalue weighted by Gasteiger charge is 2.39. The average Bonchev–Trinajstić information content (AvgIpc) is 3.07. The predicted octanol–water partition coefficient (Wildman–Crippen LogP) is 4.94. The minimum Gasteiger partial charge on any atom is -0.375 e. The van der Waals surface area contributed by atoms with Crippen molar-refractivity contribution in [1.29, 1.82) is 0 Å². The van der Waals surface area contributed by atoms with E-state index >= 15 is 0 Å². The van der Waals surface area contributed by atoms with Crippen LogP contribution in [-0.4, -0.2) is 71.4 Å². The highest BCUT2D eigenvalue weighted by molar-refractivity contribution is 8.00. The Morgan fingerprint density at radius 3 is 2.10 bits per heavy atom. The van der Waals surface area contributed by atoms with Crippen LogP contribution in [0, 0.1) is 16.2 Å². The van der Waals surface area contributed by atoms with Crippen molar-refractivity contribution in [2.45, 2.75) is 119 Å². The largest absolute Gasteiger partial charge is 0.375 e. The smallest absolute Gasteiger partial charge is 0.242 e. The van der Waals surface area contributed by atoms with Gasteiger partial charge in [-0.05, 0) is 49.7 Å². The zero-order valence-electron chi connectivity index (χ0n) is 26.3. The summed E-state index contributed by atoms with van der Waals surface area (Å²) < 4.78 is 6.19. The molecule has 1 aliphatic heterocycles. The molecule has 0 bridgehead atoms. The normalized spacial score (nSPS) is 17.1. The molecule has 1 fully saturated rings. The average molecular weight is 570 g/mol. The van der Waals surface area contributed by atoms with E-state index in [2.05, 4.69) is 52.2 Å². The van der Waals surface area contributed by atoms with Crippen LogP contribution in [0.5, 0.6) is 0 Å². The van der Waals surface area contributed by atoms with Crippen LogP contribution in [0.15, 0.2) is 0 Å². The summed E-state index contributed by atoms with van der Waals surface area (Å²) in [6.07, 6.45) is 3.36. The number of hydrogen-bond donors (Lipinski definition) is 2. The van der Waals surface area contributed by atoms with Gasteiger partial charge in [0.15, 0.2) is 0 Å². The number of imide groups is 1. The van der Waals surface area contributed by atoms with Gasteiger partial charge in [-0.15, -0.1) is 11.8 Å². The number of carbonyl (C=O) groups excluding carboxylic acids is 4. The maximum Gasteiger partial charge on any atom is 0.242 e. The van der Waals surface area contributed by atoms with Crippen molar-refractivity contribution in [1.82, 2.24) is 15.5 Å². The van der Waals surface area contributed by atoms with Gasteiger partial charge in [-0.3, -0.25) is 24.1 Å². The van der Waals surface area contributed by atoms with Crippen LogP contribution in [0.2, 0.25) is 0 Å². The molecule has 0 aromatic carbocycles. The van der Waals surface area contributed by atoms with Crippen LogP contribution < -0.4 is 10.6 Å². The molecule has 39 heavy (non-hydrogen) atoms. The van der Waals surface area contributed by atoms with Gasteiger partial charge >= 0.3 is 0 Å². The van der Waals surface area contributed by atoms with Crippen LogP contribution in [-0.2, 0) is 23.9 Å². The summed E-state index contributed by atoms with van der Waals surface area (Å²) >= 11 is 1.53. The summed E-state index contributed by atoms with van der Waals surface area (Å²) in [5, 5.41) is 5.59. The Morgan fingerprint density at radius 1 is 0.897 bits per heavy atom. The van der Waals surface area contributed by atoms with Gasteiger partial charge < -0.3 is 15.4 Å². The van der Waals surface area contributed by atoms with Crippen molar-refractivity contribution in [3.8, 4) is 0 Å². The van der Waals surface area contributed by atoms with Crippen LogP contribution in [0.3, 0.4) is 0 Å². The number of likely N-dealkylation sites (tertiary alicyclic amines) is 1. The SMILES string of the molecule is CC(C)(C)CCC(=O)NCCCC(C)(C)OCC(C)(C)CNC(=O)CCN1C(=O)CC(SCC(C)(C)C)C1=O. The van der Waals surface area contributed by atoms with Crippen LogP contribution in [0.1, 0.15) is 108 Å².